The predicted octanol–water partition coefficient (Wildman–Crippen LogP) is 2.90. The molecule has 0 radical (unpaired) electrons. The van der Waals surface area contributed by atoms with Crippen LogP contribution in [0, 0.1) is 0 Å². The van der Waals surface area contributed by atoms with E-state index in [2.05, 4.69) is 5.32 Å². The molecule has 0 bridgehead atoms. The third kappa shape index (κ3) is 3.79. The molecule has 0 aliphatic heterocycles. The van der Waals surface area contributed by atoms with Crippen LogP contribution in [0.25, 0.3) is 0 Å². The molecule has 108 valence electrons. The molecule has 0 heterocycles. The summed E-state index contributed by atoms with van der Waals surface area (Å²) in [6, 6.07) is 9.90. The third-order valence-electron chi connectivity index (χ3n) is 3.28. The van der Waals surface area contributed by atoms with E-state index in [0.29, 0.717) is 5.75 Å². The lowest BCUT2D eigenvalue weighted by Gasteiger charge is -2.11. The number of hydrogen-bond donors (Lipinski definition) is 1. The monoisotopic (exact) mass is 291 g/mol. The summed E-state index contributed by atoms with van der Waals surface area (Å²) < 4.78 is 12.5. The largest absolute Gasteiger partial charge is 0.350 e. The van der Waals surface area contributed by atoms with Gasteiger partial charge in [-0.3, -0.25) is 9.00 Å². The Kier molecular flexibility index (Phi) is 5.12. The van der Waals surface area contributed by atoms with Crippen LogP contribution in [0.4, 0.5) is 0 Å². The second-order valence-corrected chi connectivity index (χ2v) is 6.83. The van der Waals surface area contributed by atoms with Gasteiger partial charge >= 0.3 is 0 Å². The first-order valence-electron chi connectivity index (χ1n) is 7.03. The topological polar surface area (TPSA) is 46.2 Å². The maximum atomic E-state index is 12.5. The lowest BCUT2D eigenvalue weighted by atomic mass is 10.2. The first-order chi connectivity index (χ1) is 9.58. The highest BCUT2D eigenvalue weighted by atomic mass is 32.2. The van der Waals surface area contributed by atoms with Crippen molar-refractivity contribution in [2.45, 2.75) is 44.9 Å². The van der Waals surface area contributed by atoms with Gasteiger partial charge in [-0.05, 0) is 38.7 Å². The van der Waals surface area contributed by atoms with E-state index in [1.54, 1.807) is 0 Å². The molecule has 0 saturated carbocycles. The van der Waals surface area contributed by atoms with Gasteiger partial charge in [0, 0.05) is 16.5 Å². The number of carbonyl (C=O) groups is 1. The number of hydrogen-bond acceptors (Lipinski definition) is 2. The Hall–Kier alpha value is -1.42. The average molecular weight is 291 g/mol. The van der Waals surface area contributed by atoms with Crippen LogP contribution < -0.4 is 5.32 Å². The Labute approximate surface area is 122 Å². The number of allylic oxidation sites excluding steroid dienone is 1. The lowest BCUT2D eigenvalue weighted by molar-refractivity contribution is -0.118. The minimum atomic E-state index is -1.09. The van der Waals surface area contributed by atoms with E-state index in [1.165, 1.54) is 0 Å². The van der Waals surface area contributed by atoms with E-state index in [0.717, 1.165) is 35.3 Å². The van der Waals surface area contributed by atoms with Crippen molar-refractivity contribution >= 4 is 16.7 Å². The van der Waals surface area contributed by atoms with Crippen molar-refractivity contribution in [1.82, 2.24) is 5.32 Å². The summed E-state index contributed by atoms with van der Waals surface area (Å²) >= 11 is 0. The molecule has 4 heteroatoms. The number of amides is 1. The van der Waals surface area contributed by atoms with Crippen LogP contribution in [-0.4, -0.2) is 16.2 Å². The van der Waals surface area contributed by atoms with Gasteiger partial charge < -0.3 is 5.32 Å². The van der Waals surface area contributed by atoms with Crippen molar-refractivity contribution in [2.75, 3.05) is 0 Å². The molecule has 0 aromatic heterocycles. The van der Waals surface area contributed by atoms with Crippen molar-refractivity contribution in [1.29, 1.82) is 0 Å². The van der Waals surface area contributed by atoms with Crippen LogP contribution in [0.15, 0.2) is 40.8 Å². The predicted molar refractivity (Wildman–Crippen MR) is 82.4 cm³/mol. The highest BCUT2D eigenvalue weighted by Crippen LogP contribution is 2.30. The molecule has 1 aliphatic carbocycles. The summed E-state index contributed by atoms with van der Waals surface area (Å²) in [7, 11) is -1.09. The fourth-order valence-electron chi connectivity index (χ4n) is 2.37. The van der Waals surface area contributed by atoms with Crippen LogP contribution in [0.2, 0.25) is 0 Å². The molecule has 0 saturated heterocycles. The van der Waals surface area contributed by atoms with Gasteiger partial charge in [0.25, 0.3) is 0 Å². The number of benzene rings is 1. The quantitative estimate of drug-likeness (QED) is 0.906. The number of carbonyl (C=O) groups excluding carboxylic acids is 1. The number of rotatable bonds is 5. The van der Waals surface area contributed by atoms with Gasteiger partial charge in [0.2, 0.25) is 5.91 Å². The Morgan fingerprint density at radius 1 is 1.25 bits per heavy atom. The summed E-state index contributed by atoms with van der Waals surface area (Å²) in [4.78, 5) is 13.0. The van der Waals surface area contributed by atoms with E-state index in [1.807, 2.05) is 44.2 Å². The van der Waals surface area contributed by atoms with Gasteiger partial charge in [0.15, 0.2) is 0 Å². The second-order valence-electron chi connectivity index (χ2n) is 5.36. The van der Waals surface area contributed by atoms with Gasteiger partial charge in [-0.1, -0.05) is 30.3 Å². The average Bonchev–Trinajstić information content (AvgIpc) is 2.88. The molecule has 1 aromatic carbocycles. The van der Waals surface area contributed by atoms with Crippen molar-refractivity contribution in [3.63, 3.8) is 0 Å². The normalized spacial score (nSPS) is 16.6. The zero-order valence-electron chi connectivity index (χ0n) is 12.0. The van der Waals surface area contributed by atoms with E-state index in [9.17, 15) is 9.00 Å². The zero-order chi connectivity index (χ0) is 14.5. The van der Waals surface area contributed by atoms with E-state index in [4.69, 9.17) is 0 Å². The van der Waals surface area contributed by atoms with Crippen molar-refractivity contribution in [3.05, 3.63) is 46.4 Å². The fourth-order valence-corrected chi connectivity index (χ4v) is 3.88. The SMILES string of the molecule is CC(C)NC(=O)C1=C(S(=O)Cc2ccccc2)CCC1. The molecule has 1 amide bonds. The van der Waals surface area contributed by atoms with Gasteiger partial charge in [0.05, 0.1) is 16.6 Å². The van der Waals surface area contributed by atoms with E-state index < -0.39 is 10.8 Å². The molecule has 0 fully saturated rings. The molecule has 1 N–H and O–H groups in total. The molecule has 1 atom stereocenters. The summed E-state index contributed by atoms with van der Waals surface area (Å²) in [5.41, 5.74) is 1.79. The minimum absolute atomic E-state index is 0.0473. The van der Waals surface area contributed by atoms with Crippen LogP contribution in [-0.2, 0) is 21.3 Å². The van der Waals surface area contributed by atoms with Crippen molar-refractivity contribution in [2.24, 2.45) is 0 Å². The van der Waals surface area contributed by atoms with Gasteiger partial charge in [0.1, 0.15) is 0 Å². The molecule has 2 rings (SSSR count). The smallest absolute Gasteiger partial charge is 0.248 e. The summed E-state index contributed by atoms with van der Waals surface area (Å²) in [5.74, 6) is 0.447. The molecule has 0 spiro atoms. The molecule has 3 nitrogen and oxygen atoms in total. The standard InChI is InChI=1S/C16H21NO2S/c1-12(2)17-16(18)14-9-6-10-15(14)20(19)11-13-7-4-3-5-8-13/h3-5,7-8,12H,6,9-11H2,1-2H3,(H,17,18). The Balaban J connectivity index is 2.12. The van der Waals surface area contributed by atoms with Crippen LogP contribution >= 0.6 is 0 Å². The minimum Gasteiger partial charge on any atom is -0.350 e. The molecule has 1 aliphatic rings. The molecular weight excluding hydrogens is 270 g/mol. The van der Waals surface area contributed by atoms with Crippen LogP contribution in [0.3, 0.4) is 0 Å². The second kappa shape index (κ2) is 6.84. The molecule has 20 heavy (non-hydrogen) atoms. The van der Waals surface area contributed by atoms with Crippen LogP contribution in [0.5, 0.6) is 0 Å². The highest BCUT2D eigenvalue weighted by molar-refractivity contribution is 7.88. The lowest BCUT2D eigenvalue weighted by Crippen LogP contribution is -2.31. The van der Waals surface area contributed by atoms with E-state index >= 15 is 0 Å². The van der Waals surface area contributed by atoms with Crippen molar-refractivity contribution in [3.8, 4) is 0 Å². The van der Waals surface area contributed by atoms with Crippen LogP contribution in [0.1, 0.15) is 38.7 Å². The summed E-state index contributed by atoms with van der Waals surface area (Å²) in [6.45, 7) is 3.88. The highest BCUT2D eigenvalue weighted by Gasteiger charge is 2.25. The van der Waals surface area contributed by atoms with Gasteiger partial charge in [-0.2, -0.15) is 0 Å². The van der Waals surface area contributed by atoms with Gasteiger partial charge in [-0.15, -0.1) is 0 Å². The molecular formula is C16H21NO2S. The number of nitrogens with one attached hydrogen (secondary N) is 1. The first-order valence-corrected chi connectivity index (χ1v) is 8.35. The molecule has 1 aromatic rings. The third-order valence-corrected chi connectivity index (χ3v) is 4.87. The maximum Gasteiger partial charge on any atom is 0.248 e. The Morgan fingerprint density at radius 3 is 2.60 bits per heavy atom. The Bertz CT molecular complexity index is 535. The van der Waals surface area contributed by atoms with Gasteiger partial charge in [-0.25, -0.2) is 0 Å². The Morgan fingerprint density at radius 2 is 1.95 bits per heavy atom. The zero-order valence-corrected chi connectivity index (χ0v) is 12.8. The maximum absolute atomic E-state index is 12.5. The van der Waals surface area contributed by atoms with Crippen molar-refractivity contribution < 1.29 is 9.00 Å². The first kappa shape index (κ1) is 15.0. The summed E-state index contributed by atoms with van der Waals surface area (Å²) in [5, 5.41) is 2.90. The van der Waals surface area contributed by atoms with E-state index in [-0.39, 0.29) is 11.9 Å². The summed E-state index contributed by atoms with van der Waals surface area (Å²) in [6.07, 6.45) is 2.45. The fraction of sp³-hybridized carbons (Fsp3) is 0.438. The molecule has 1 unspecified atom stereocenters.